The van der Waals surface area contributed by atoms with Gasteiger partial charge in [-0.15, -0.1) is 0 Å². The highest BCUT2D eigenvalue weighted by atomic mass is 19.3. The summed E-state index contributed by atoms with van der Waals surface area (Å²) in [5, 5.41) is 2.34. The first-order valence-electron chi connectivity index (χ1n) is 3.73. The monoisotopic (exact) mass is 176 g/mol. The predicted octanol–water partition coefficient (Wildman–Crippen LogP) is 1.52. The molecule has 1 heterocycles. The van der Waals surface area contributed by atoms with Crippen LogP contribution in [0.4, 0.5) is 8.78 Å². The molecule has 1 aromatic rings. The average molecular weight is 176 g/mol. The van der Waals surface area contributed by atoms with Crippen LogP contribution in [0.15, 0.2) is 10.9 Å². The second kappa shape index (κ2) is 3.51. The molecule has 0 unspecified atom stereocenters. The minimum absolute atomic E-state index is 0.312. The molecule has 0 aliphatic heterocycles. The lowest BCUT2D eigenvalue weighted by molar-refractivity contribution is 0.145. The highest BCUT2D eigenvalue weighted by Crippen LogP contribution is 2.13. The Labute approximate surface area is 68.0 Å². The molecule has 0 fully saturated rings. The van der Waals surface area contributed by atoms with Crippen LogP contribution in [0.5, 0.6) is 0 Å². The third kappa shape index (κ3) is 1.72. The minimum Gasteiger partial charge on any atom is -0.294 e. The fourth-order valence-corrected chi connectivity index (χ4v) is 0.956. The Kier molecular flexibility index (Phi) is 2.62. The molecule has 0 radical (unpaired) electrons. The average Bonchev–Trinajstić information content (AvgIpc) is 2.34. The zero-order valence-electron chi connectivity index (χ0n) is 6.68. The van der Waals surface area contributed by atoms with Gasteiger partial charge < -0.3 is 0 Å². The van der Waals surface area contributed by atoms with Gasteiger partial charge in [-0.3, -0.25) is 14.6 Å². The standard InChI is InChI=1S/C7H10F2N2O/c1-2-3-11-6(12)4-5(10-11)7(8)9/h4,7,10H,2-3H2,1H3. The van der Waals surface area contributed by atoms with Crippen LogP contribution in [-0.4, -0.2) is 9.78 Å². The molecule has 68 valence electrons. The number of nitrogens with zero attached hydrogens (tertiary/aromatic N) is 1. The summed E-state index contributed by atoms with van der Waals surface area (Å²) in [5.74, 6) is 0. The first-order valence-corrected chi connectivity index (χ1v) is 3.73. The molecule has 0 bridgehead atoms. The maximum atomic E-state index is 12.0. The van der Waals surface area contributed by atoms with Gasteiger partial charge in [0.25, 0.3) is 12.0 Å². The highest BCUT2D eigenvalue weighted by molar-refractivity contribution is 5.00. The lowest BCUT2D eigenvalue weighted by Crippen LogP contribution is -2.15. The van der Waals surface area contributed by atoms with E-state index in [0.29, 0.717) is 6.54 Å². The number of hydrogen-bond donors (Lipinski definition) is 1. The normalized spacial score (nSPS) is 11.0. The second-order valence-corrected chi connectivity index (χ2v) is 2.50. The number of alkyl halides is 2. The van der Waals surface area contributed by atoms with Crippen molar-refractivity contribution in [3.63, 3.8) is 0 Å². The summed E-state index contributed by atoms with van der Waals surface area (Å²) in [6, 6.07) is 0.931. The summed E-state index contributed by atoms with van der Waals surface area (Å²) >= 11 is 0. The number of rotatable bonds is 3. The molecule has 0 spiro atoms. The van der Waals surface area contributed by atoms with Gasteiger partial charge in [-0.2, -0.15) is 0 Å². The van der Waals surface area contributed by atoms with Gasteiger partial charge >= 0.3 is 0 Å². The van der Waals surface area contributed by atoms with Crippen LogP contribution < -0.4 is 5.56 Å². The van der Waals surface area contributed by atoms with Gasteiger partial charge in [0.05, 0.1) is 0 Å². The number of halogens is 2. The van der Waals surface area contributed by atoms with E-state index < -0.39 is 12.0 Å². The van der Waals surface area contributed by atoms with E-state index in [1.54, 1.807) is 0 Å². The number of aryl methyl sites for hydroxylation is 1. The lowest BCUT2D eigenvalue weighted by Gasteiger charge is -1.97. The van der Waals surface area contributed by atoms with E-state index in [9.17, 15) is 13.6 Å². The Morgan fingerprint density at radius 1 is 1.67 bits per heavy atom. The van der Waals surface area contributed by atoms with Crippen molar-refractivity contribution in [2.24, 2.45) is 0 Å². The van der Waals surface area contributed by atoms with Crippen LogP contribution in [0.1, 0.15) is 25.5 Å². The van der Waals surface area contributed by atoms with E-state index in [0.717, 1.165) is 12.5 Å². The van der Waals surface area contributed by atoms with Gasteiger partial charge in [0.15, 0.2) is 0 Å². The highest BCUT2D eigenvalue weighted by Gasteiger charge is 2.11. The van der Waals surface area contributed by atoms with E-state index in [2.05, 4.69) is 5.10 Å². The van der Waals surface area contributed by atoms with Gasteiger partial charge in [0.1, 0.15) is 5.69 Å². The maximum absolute atomic E-state index is 12.0. The quantitative estimate of drug-likeness (QED) is 0.745. The Morgan fingerprint density at radius 2 is 2.33 bits per heavy atom. The van der Waals surface area contributed by atoms with E-state index in [4.69, 9.17) is 0 Å². The Balaban J connectivity index is 2.93. The van der Waals surface area contributed by atoms with Crippen molar-refractivity contribution < 1.29 is 8.78 Å². The smallest absolute Gasteiger partial charge is 0.279 e. The summed E-state index contributed by atoms with van der Waals surface area (Å²) in [7, 11) is 0. The van der Waals surface area contributed by atoms with Crippen molar-refractivity contribution in [2.45, 2.75) is 26.3 Å². The molecule has 1 N–H and O–H groups in total. The molecule has 0 atom stereocenters. The van der Waals surface area contributed by atoms with Crippen molar-refractivity contribution in [2.75, 3.05) is 0 Å². The number of H-pyrrole nitrogens is 1. The van der Waals surface area contributed by atoms with E-state index >= 15 is 0 Å². The summed E-state index contributed by atoms with van der Waals surface area (Å²) in [4.78, 5) is 10.9. The van der Waals surface area contributed by atoms with Gasteiger partial charge in [-0.25, -0.2) is 8.78 Å². The van der Waals surface area contributed by atoms with Crippen LogP contribution in [0.2, 0.25) is 0 Å². The molecule has 0 aliphatic rings. The summed E-state index contributed by atoms with van der Waals surface area (Å²) in [5.41, 5.74) is -0.708. The number of aromatic amines is 1. The number of nitrogens with one attached hydrogen (secondary N) is 1. The summed E-state index contributed by atoms with van der Waals surface area (Å²) in [6.45, 7) is 2.32. The van der Waals surface area contributed by atoms with Crippen molar-refractivity contribution in [3.8, 4) is 0 Å². The molecule has 1 aromatic heterocycles. The molecule has 0 aliphatic carbocycles. The van der Waals surface area contributed by atoms with E-state index in [-0.39, 0.29) is 5.69 Å². The molecular formula is C7H10F2N2O. The topological polar surface area (TPSA) is 37.8 Å². The Bertz CT molecular complexity index is 303. The van der Waals surface area contributed by atoms with Gasteiger partial charge in [0, 0.05) is 12.6 Å². The van der Waals surface area contributed by atoms with Crippen LogP contribution in [-0.2, 0) is 6.54 Å². The van der Waals surface area contributed by atoms with E-state index in [1.807, 2.05) is 6.92 Å². The van der Waals surface area contributed by atoms with Crippen LogP contribution in [0, 0.1) is 0 Å². The SMILES string of the molecule is CCCn1[nH]c(C(F)F)cc1=O. The number of hydrogen-bond acceptors (Lipinski definition) is 1. The van der Waals surface area contributed by atoms with Gasteiger partial charge in [0.2, 0.25) is 0 Å². The van der Waals surface area contributed by atoms with Crippen LogP contribution >= 0.6 is 0 Å². The summed E-state index contributed by atoms with van der Waals surface area (Å²) in [6.07, 6.45) is -1.86. The van der Waals surface area contributed by atoms with Crippen molar-refractivity contribution in [3.05, 3.63) is 22.1 Å². The summed E-state index contributed by atoms with van der Waals surface area (Å²) < 4.78 is 25.2. The fraction of sp³-hybridized carbons (Fsp3) is 0.571. The largest absolute Gasteiger partial charge is 0.294 e. The third-order valence-corrected chi connectivity index (χ3v) is 1.49. The second-order valence-electron chi connectivity index (χ2n) is 2.50. The molecule has 12 heavy (non-hydrogen) atoms. The maximum Gasteiger partial charge on any atom is 0.279 e. The first kappa shape index (κ1) is 8.96. The molecule has 0 saturated carbocycles. The van der Waals surface area contributed by atoms with E-state index in [1.165, 1.54) is 4.68 Å². The lowest BCUT2D eigenvalue weighted by atomic mass is 10.4. The first-order chi connectivity index (χ1) is 5.65. The molecule has 0 saturated heterocycles. The minimum atomic E-state index is -2.60. The number of aromatic nitrogens is 2. The molecule has 5 heteroatoms. The molecule has 0 amide bonds. The fourth-order valence-electron chi connectivity index (χ4n) is 0.956. The molecular weight excluding hydrogens is 166 g/mol. The van der Waals surface area contributed by atoms with Crippen molar-refractivity contribution in [1.82, 2.24) is 9.78 Å². The zero-order valence-corrected chi connectivity index (χ0v) is 6.68. The van der Waals surface area contributed by atoms with Crippen molar-refractivity contribution >= 4 is 0 Å². The molecule has 0 aromatic carbocycles. The van der Waals surface area contributed by atoms with Crippen LogP contribution in [0.25, 0.3) is 0 Å². The predicted molar refractivity (Wildman–Crippen MR) is 40.3 cm³/mol. The Hall–Kier alpha value is -1.13. The Morgan fingerprint density at radius 3 is 2.75 bits per heavy atom. The third-order valence-electron chi connectivity index (χ3n) is 1.49. The van der Waals surface area contributed by atoms with Gasteiger partial charge in [-0.1, -0.05) is 6.92 Å². The van der Waals surface area contributed by atoms with Crippen LogP contribution in [0.3, 0.4) is 0 Å². The molecule has 3 nitrogen and oxygen atoms in total. The van der Waals surface area contributed by atoms with Gasteiger partial charge in [-0.05, 0) is 6.42 Å². The zero-order chi connectivity index (χ0) is 9.14. The molecule has 1 rings (SSSR count). The van der Waals surface area contributed by atoms with Crippen molar-refractivity contribution in [1.29, 1.82) is 0 Å².